The average molecular weight is 280 g/mol. The van der Waals surface area contributed by atoms with Gasteiger partial charge in [0, 0.05) is 4.75 Å². The molecule has 1 aliphatic heterocycles. The summed E-state index contributed by atoms with van der Waals surface area (Å²) in [5, 5.41) is 9.49. The van der Waals surface area contributed by atoms with Crippen molar-refractivity contribution in [2.75, 3.05) is 26.4 Å². The molecule has 1 N–H and O–H groups in total. The highest BCUT2D eigenvalue weighted by Gasteiger charge is 2.52. The molecule has 1 saturated carbocycles. The van der Waals surface area contributed by atoms with E-state index in [1.165, 1.54) is 18.4 Å². The van der Waals surface area contributed by atoms with E-state index in [0.29, 0.717) is 19.8 Å². The van der Waals surface area contributed by atoms with E-state index >= 15 is 0 Å². The van der Waals surface area contributed by atoms with Crippen molar-refractivity contribution in [1.82, 2.24) is 0 Å². The standard InChI is InChI=1S/C15H20O3S/c16-9-15(11-18-12-15)19-14(6-7-14)10-17-8-13-4-2-1-3-5-13/h1-5,16H,6-12H2. The van der Waals surface area contributed by atoms with Gasteiger partial charge in [-0.05, 0) is 18.4 Å². The molecule has 0 aromatic heterocycles. The van der Waals surface area contributed by atoms with E-state index in [4.69, 9.17) is 9.47 Å². The molecule has 1 aromatic carbocycles. The highest BCUT2D eigenvalue weighted by molar-refractivity contribution is 8.02. The fourth-order valence-corrected chi connectivity index (χ4v) is 4.03. The van der Waals surface area contributed by atoms with Gasteiger partial charge < -0.3 is 14.6 Å². The van der Waals surface area contributed by atoms with Crippen molar-refractivity contribution in [2.24, 2.45) is 0 Å². The SMILES string of the molecule is OCC1(SC2(COCc3ccccc3)CC2)COC1. The van der Waals surface area contributed by atoms with Crippen molar-refractivity contribution in [1.29, 1.82) is 0 Å². The molecule has 1 aromatic rings. The van der Waals surface area contributed by atoms with E-state index < -0.39 is 0 Å². The molecule has 0 bridgehead atoms. The van der Waals surface area contributed by atoms with Crippen molar-refractivity contribution in [3.05, 3.63) is 35.9 Å². The third-order valence-electron chi connectivity index (χ3n) is 3.74. The van der Waals surface area contributed by atoms with Gasteiger partial charge in [-0.2, -0.15) is 0 Å². The van der Waals surface area contributed by atoms with Crippen molar-refractivity contribution < 1.29 is 14.6 Å². The molecule has 1 saturated heterocycles. The minimum absolute atomic E-state index is 0.0629. The summed E-state index contributed by atoms with van der Waals surface area (Å²) in [6.45, 7) is 3.00. The van der Waals surface area contributed by atoms with Crippen LogP contribution in [0.4, 0.5) is 0 Å². The monoisotopic (exact) mass is 280 g/mol. The molecule has 0 spiro atoms. The summed E-state index contributed by atoms with van der Waals surface area (Å²) >= 11 is 1.88. The summed E-state index contributed by atoms with van der Waals surface area (Å²) in [6.07, 6.45) is 2.38. The fourth-order valence-electron chi connectivity index (χ4n) is 2.32. The predicted molar refractivity (Wildman–Crippen MR) is 76.3 cm³/mol. The lowest BCUT2D eigenvalue weighted by atomic mass is 10.1. The van der Waals surface area contributed by atoms with E-state index in [0.717, 1.165) is 6.61 Å². The zero-order valence-corrected chi connectivity index (χ0v) is 11.8. The normalized spacial score (nSPS) is 22.8. The number of hydrogen-bond donors (Lipinski definition) is 1. The first kappa shape index (κ1) is 13.4. The highest BCUT2D eigenvalue weighted by Crippen LogP contribution is 2.55. The van der Waals surface area contributed by atoms with Gasteiger partial charge in [0.25, 0.3) is 0 Å². The summed E-state index contributed by atoms with van der Waals surface area (Å²) < 4.78 is 11.3. The molecule has 4 heteroatoms. The summed E-state index contributed by atoms with van der Waals surface area (Å²) in [5.74, 6) is 0. The molecule has 2 fully saturated rings. The van der Waals surface area contributed by atoms with Crippen LogP contribution in [0.1, 0.15) is 18.4 Å². The first-order valence-electron chi connectivity index (χ1n) is 6.76. The van der Waals surface area contributed by atoms with E-state index in [2.05, 4.69) is 12.1 Å². The smallest absolute Gasteiger partial charge is 0.0862 e. The molecule has 0 unspecified atom stereocenters. The van der Waals surface area contributed by atoms with Gasteiger partial charge in [-0.3, -0.25) is 0 Å². The van der Waals surface area contributed by atoms with Crippen molar-refractivity contribution in [2.45, 2.75) is 28.9 Å². The molecular formula is C15H20O3S. The second-order valence-corrected chi connectivity index (χ2v) is 7.53. The Bertz CT molecular complexity index is 407. The van der Waals surface area contributed by atoms with Gasteiger partial charge >= 0.3 is 0 Å². The molecule has 3 rings (SSSR count). The quantitative estimate of drug-likeness (QED) is 0.831. The number of hydrogen-bond acceptors (Lipinski definition) is 4. The van der Waals surface area contributed by atoms with Crippen LogP contribution >= 0.6 is 11.8 Å². The summed E-state index contributed by atoms with van der Waals surface area (Å²) in [4.78, 5) is 0. The van der Waals surface area contributed by atoms with Gasteiger partial charge in [-0.1, -0.05) is 30.3 Å². The Balaban J connectivity index is 1.47. The zero-order valence-electron chi connectivity index (χ0n) is 11.0. The number of rotatable bonds is 7. The molecule has 104 valence electrons. The molecule has 0 amide bonds. The predicted octanol–water partition coefficient (Wildman–Crippen LogP) is 2.23. The number of aliphatic hydroxyl groups is 1. The molecular weight excluding hydrogens is 260 g/mol. The fraction of sp³-hybridized carbons (Fsp3) is 0.600. The second kappa shape index (κ2) is 5.44. The molecule has 1 heterocycles. The maximum Gasteiger partial charge on any atom is 0.0862 e. The van der Waals surface area contributed by atoms with Crippen molar-refractivity contribution in [3.63, 3.8) is 0 Å². The summed E-state index contributed by atoms with van der Waals surface area (Å²) in [7, 11) is 0. The highest BCUT2D eigenvalue weighted by atomic mass is 32.2. The zero-order chi connectivity index (χ0) is 13.2. The van der Waals surface area contributed by atoms with Crippen LogP contribution in [0.5, 0.6) is 0 Å². The Kier molecular flexibility index (Phi) is 3.85. The van der Waals surface area contributed by atoms with Gasteiger partial charge in [0.05, 0.1) is 37.8 Å². The lowest BCUT2D eigenvalue weighted by molar-refractivity contribution is -0.0326. The average Bonchev–Trinajstić information content (AvgIpc) is 3.16. The molecule has 19 heavy (non-hydrogen) atoms. The van der Waals surface area contributed by atoms with Crippen LogP contribution in [0.15, 0.2) is 30.3 Å². The molecule has 0 radical (unpaired) electrons. The third kappa shape index (κ3) is 3.14. The van der Waals surface area contributed by atoms with Crippen LogP contribution in [-0.2, 0) is 16.1 Å². The van der Waals surface area contributed by atoms with Crippen molar-refractivity contribution in [3.8, 4) is 0 Å². The maximum absolute atomic E-state index is 9.49. The van der Waals surface area contributed by atoms with Gasteiger partial charge in [0.2, 0.25) is 0 Å². The lowest BCUT2D eigenvalue weighted by Crippen LogP contribution is -2.51. The second-order valence-electron chi connectivity index (χ2n) is 5.60. The minimum Gasteiger partial charge on any atom is -0.395 e. The summed E-state index contributed by atoms with van der Waals surface area (Å²) in [5.41, 5.74) is 1.21. The lowest BCUT2D eigenvalue weighted by Gasteiger charge is -2.41. The minimum atomic E-state index is -0.0629. The Morgan fingerprint density at radius 1 is 1.16 bits per heavy atom. The Labute approximate surface area is 118 Å². The summed E-state index contributed by atoms with van der Waals surface area (Å²) in [6, 6.07) is 10.3. The van der Waals surface area contributed by atoms with Crippen LogP contribution in [0.25, 0.3) is 0 Å². The van der Waals surface area contributed by atoms with Crippen LogP contribution in [0.2, 0.25) is 0 Å². The number of benzene rings is 1. The number of aliphatic hydroxyl groups excluding tert-OH is 1. The Hall–Kier alpha value is -0.550. The Morgan fingerprint density at radius 3 is 2.42 bits per heavy atom. The van der Waals surface area contributed by atoms with Crippen molar-refractivity contribution >= 4 is 11.8 Å². The largest absolute Gasteiger partial charge is 0.395 e. The van der Waals surface area contributed by atoms with Gasteiger partial charge in [0.1, 0.15) is 0 Å². The van der Waals surface area contributed by atoms with Crippen LogP contribution in [0, 0.1) is 0 Å². The van der Waals surface area contributed by atoms with E-state index in [1.807, 2.05) is 30.0 Å². The van der Waals surface area contributed by atoms with E-state index in [9.17, 15) is 5.11 Å². The van der Waals surface area contributed by atoms with E-state index in [1.54, 1.807) is 0 Å². The Morgan fingerprint density at radius 2 is 1.89 bits per heavy atom. The third-order valence-corrected chi connectivity index (χ3v) is 5.49. The molecule has 0 atom stereocenters. The van der Waals surface area contributed by atoms with Crippen LogP contribution in [0.3, 0.4) is 0 Å². The van der Waals surface area contributed by atoms with Gasteiger partial charge in [0.15, 0.2) is 0 Å². The topological polar surface area (TPSA) is 38.7 Å². The number of thioether (sulfide) groups is 1. The maximum atomic E-state index is 9.49. The van der Waals surface area contributed by atoms with Crippen LogP contribution in [-0.4, -0.2) is 41.0 Å². The first-order valence-corrected chi connectivity index (χ1v) is 7.58. The number of ether oxygens (including phenoxy) is 2. The molecule has 3 nitrogen and oxygen atoms in total. The van der Waals surface area contributed by atoms with Gasteiger partial charge in [-0.15, -0.1) is 11.8 Å². The molecule has 2 aliphatic rings. The van der Waals surface area contributed by atoms with Crippen LogP contribution < -0.4 is 0 Å². The van der Waals surface area contributed by atoms with Gasteiger partial charge in [-0.25, -0.2) is 0 Å². The van der Waals surface area contributed by atoms with E-state index in [-0.39, 0.29) is 16.1 Å². The molecule has 1 aliphatic carbocycles. The first-order chi connectivity index (χ1) is 9.26.